The van der Waals surface area contributed by atoms with Gasteiger partial charge in [0.15, 0.2) is 0 Å². The molecule has 5 nitrogen and oxygen atoms in total. The molecule has 0 aliphatic carbocycles. The van der Waals surface area contributed by atoms with Crippen LogP contribution in [0.2, 0.25) is 0 Å². The normalized spacial score (nSPS) is 12.7. The Hall–Kier alpha value is -2.73. The van der Waals surface area contributed by atoms with Crippen LogP contribution in [-0.4, -0.2) is 27.7 Å². The number of aromatic carboxylic acids is 1. The highest BCUT2D eigenvalue weighted by atomic mass is 32.1. The molecule has 0 bridgehead atoms. The molecule has 0 saturated heterocycles. The van der Waals surface area contributed by atoms with Crippen LogP contribution >= 0.6 is 11.3 Å². The molecule has 0 saturated carbocycles. The van der Waals surface area contributed by atoms with Crippen LogP contribution in [0.15, 0.2) is 36.5 Å². The molecule has 0 fully saturated rings. The largest absolute Gasteiger partial charge is 0.493 e. The Bertz CT molecular complexity index is 949. The number of fused-ring (bicyclic) bond motifs is 3. The fourth-order valence-electron chi connectivity index (χ4n) is 2.87. The summed E-state index contributed by atoms with van der Waals surface area (Å²) in [5.41, 5.74) is 4.55. The fraction of sp³-hybridized carbons (Fsp3) is 0.167. The van der Waals surface area contributed by atoms with Gasteiger partial charge in [-0.2, -0.15) is 0 Å². The third-order valence-electron chi connectivity index (χ3n) is 4.02. The molecule has 2 aromatic heterocycles. The molecule has 0 spiro atoms. The quantitative estimate of drug-likeness (QED) is 0.769. The second-order valence-corrected chi connectivity index (χ2v) is 6.63. The van der Waals surface area contributed by atoms with Gasteiger partial charge < -0.3 is 9.84 Å². The maximum Gasteiger partial charge on any atom is 0.365 e. The summed E-state index contributed by atoms with van der Waals surface area (Å²) in [5.74, 6) is -0.254. The summed E-state index contributed by atoms with van der Waals surface area (Å²) >= 11 is 1.22. The van der Waals surface area contributed by atoms with Gasteiger partial charge >= 0.3 is 5.97 Å². The minimum absolute atomic E-state index is 0.121. The van der Waals surface area contributed by atoms with E-state index in [2.05, 4.69) is 9.97 Å². The van der Waals surface area contributed by atoms with Crippen molar-refractivity contribution >= 4 is 17.3 Å². The first kappa shape index (κ1) is 14.8. The van der Waals surface area contributed by atoms with E-state index in [0.29, 0.717) is 18.7 Å². The van der Waals surface area contributed by atoms with Crippen molar-refractivity contribution in [2.45, 2.75) is 13.3 Å². The lowest BCUT2D eigenvalue weighted by molar-refractivity contribution is 0.0696. The predicted molar refractivity (Wildman–Crippen MR) is 91.7 cm³/mol. The van der Waals surface area contributed by atoms with E-state index in [9.17, 15) is 9.90 Å². The monoisotopic (exact) mass is 338 g/mol. The lowest BCUT2D eigenvalue weighted by Gasteiger charge is -2.10. The summed E-state index contributed by atoms with van der Waals surface area (Å²) in [6, 6.07) is 9.85. The first-order valence-corrected chi connectivity index (χ1v) is 8.37. The minimum atomic E-state index is -0.991. The molecule has 6 heteroatoms. The van der Waals surface area contributed by atoms with E-state index in [-0.39, 0.29) is 5.01 Å². The number of rotatable bonds is 2. The number of aryl methyl sites for hydroxylation is 1. The van der Waals surface area contributed by atoms with Gasteiger partial charge in [0.25, 0.3) is 0 Å². The van der Waals surface area contributed by atoms with Crippen LogP contribution in [0.3, 0.4) is 0 Å². The first-order valence-electron chi connectivity index (χ1n) is 7.55. The predicted octanol–water partition coefficient (Wildman–Crippen LogP) is 3.81. The number of hydrogen-bond donors (Lipinski definition) is 1. The number of aromatic nitrogens is 2. The SMILES string of the molecule is Cc1ncccc1-c1ccc2c(c1)-c1nc(C(=O)O)sc1CCO2. The van der Waals surface area contributed by atoms with E-state index in [1.165, 1.54) is 11.3 Å². The highest BCUT2D eigenvalue weighted by Crippen LogP contribution is 2.40. The van der Waals surface area contributed by atoms with Crippen molar-refractivity contribution in [1.29, 1.82) is 0 Å². The Morgan fingerprint density at radius 3 is 2.96 bits per heavy atom. The van der Waals surface area contributed by atoms with Crippen LogP contribution in [0.4, 0.5) is 0 Å². The molecule has 1 aliphatic rings. The standard InChI is InChI=1S/C18H14N2O3S/c1-10-12(3-2-7-19-10)11-4-5-14-13(9-11)16-15(6-8-23-14)24-17(20-16)18(21)22/h2-5,7,9H,6,8H2,1H3,(H,21,22). The average Bonchev–Trinajstić information content (AvgIpc) is 2.93. The van der Waals surface area contributed by atoms with Crippen molar-refractivity contribution in [1.82, 2.24) is 9.97 Å². The second kappa shape index (κ2) is 5.72. The first-order chi connectivity index (χ1) is 11.6. The van der Waals surface area contributed by atoms with E-state index < -0.39 is 5.97 Å². The number of carboxylic acid groups (broad SMARTS) is 1. The summed E-state index contributed by atoms with van der Waals surface area (Å²) in [6.45, 7) is 2.49. The molecule has 3 heterocycles. The number of nitrogens with zero attached hydrogens (tertiary/aromatic N) is 2. The van der Waals surface area contributed by atoms with Crippen LogP contribution in [0.1, 0.15) is 20.4 Å². The molecule has 4 rings (SSSR count). The third-order valence-corrected chi connectivity index (χ3v) is 5.12. The van der Waals surface area contributed by atoms with Crippen LogP contribution in [0.25, 0.3) is 22.4 Å². The zero-order valence-electron chi connectivity index (χ0n) is 12.9. The maximum atomic E-state index is 11.3. The number of pyridine rings is 1. The summed E-state index contributed by atoms with van der Waals surface area (Å²) in [4.78, 5) is 20.9. The molecule has 1 N–H and O–H groups in total. The van der Waals surface area contributed by atoms with Crippen molar-refractivity contribution in [2.75, 3.05) is 6.61 Å². The van der Waals surface area contributed by atoms with Crippen molar-refractivity contribution in [3.63, 3.8) is 0 Å². The Morgan fingerprint density at radius 2 is 2.17 bits per heavy atom. The molecular formula is C18H14N2O3S. The zero-order chi connectivity index (χ0) is 16.7. The lowest BCUT2D eigenvalue weighted by Crippen LogP contribution is -1.98. The maximum absolute atomic E-state index is 11.3. The van der Waals surface area contributed by atoms with Crippen LogP contribution in [0.5, 0.6) is 5.75 Å². The fourth-order valence-corrected chi connectivity index (χ4v) is 3.77. The molecule has 0 amide bonds. The van der Waals surface area contributed by atoms with Gasteiger partial charge in [-0.1, -0.05) is 12.1 Å². The molecule has 0 unspecified atom stereocenters. The van der Waals surface area contributed by atoms with E-state index in [0.717, 1.165) is 33.0 Å². The summed E-state index contributed by atoms with van der Waals surface area (Å²) < 4.78 is 5.81. The molecule has 0 atom stereocenters. The van der Waals surface area contributed by atoms with Gasteiger partial charge in [-0.05, 0) is 30.7 Å². The Morgan fingerprint density at radius 1 is 1.29 bits per heavy atom. The van der Waals surface area contributed by atoms with Crippen molar-refractivity contribution in [3.05, 3.63) is 52.1 Å². The van der Waals surface area contributed by atoms with E-state index in [1.807, 2.05) is 37.3 Å². The van der Waals surface area contributed by atoms with Gasteiger partial charge in [-0.15, -0.1) is 11.3 Å². The van der Waals surface area contributed by atoms with Gasteiger partial charge in [0.05, 0.1) is 12.3 Å². The van der Waals surface area contributed by atoms with E-state index in [1.54, 1.807) is 6.20 Å². The topological polar surface area (TPSA) is 72.3 Å². The number of benzene rings is 1. The molecule has 3 aromatic rings. The van der Waals surface area contributed by atoms with Crippen LogP contribution < -0.4 is 4.74 Å². The van der Waals surface area contributed by atoms with Gasteiger partial charge in [-0.25, -0.2) is 9.78 Å². The average molecular weight is 338 g/mol. The smallest absolute Gasteiger partial charge is 0.365 e. The highest BCUT2D eigenvalue weighted by molar-refractivity contribution is 7.14. The summed E-state index contributed by atoms with van der Waals surface area (Å²) in [7, 11) is 0. The van der Waals surface area contributed by atoms with Crippen LogP contribution in [0, 0.1) is 6.92 Å². The summed E-state index contributed by atoms with van der Waals surface area (Å²) in [6.07, 6.45) is 2.43. The molecule has 1 aromatic carbocycles. The zero-order valence-corrected chi connectivity index (χ0v) is 13.8. The van der Waals surface area contributed by atoms with E-state index in [4.69, 9.17) is 4.74 Å². The number of hydrogen-bond acceptors (Lipinski definition) is 5. The number of ether oxygens (including phenoxy) is 1. The van der Waals surface area contributed by atoms with Crippen LogP contribution in [-0.2, 0) is 6.42 Å². The number of carboxylic acids is 1. The minimum Gasteiger partial charge on any atom is -0.493 e. The number of thiazole rings is 1. The molecule has 1 aliphatic heterocycles. The Labute approximate surface area is 142 Å². The third kappa shape index (κ3) is 2.45. The Balaban J connectivity index is 1.90. The van der Waals surface area contributed by atoms with E-state index >= 15 is 0 Å². The Kier molecular flexibility index (Phi) is 3.54. The van der Waals surface area contributed by atoms with Gasteiger partial charge in [-0.3, -0.25) is 4.98 Å². The van der Waals surface area contributed by atoms with Crippen molar-refractivity contribution in [3.8, 4) is 28.1 Å². The molecular weight excluding hydrogens is 324 g/mol. The molecule has 0 radical (unpaired) electrons. The van der Waals surface area contributed by atoms with Gasteiger partial charge in [0.2, 0.25) is 5.01 Å². The second-order valence-electron chi connectivity index (χ2n) is 5.54. The lowest BCUT2D eigenvalue weighted by atomic mass is 9.99. The van der Waals surface area contributed by atoms with Gasteiger partial charge in [0, 0.05) is 34.3 Å². The van der Waals surface area contributed by atoms with Crippen molar-refractivity contribution in [2.24, 2.45) is 0 Å². The van der Waals surface area contributed by atoms with Gasteiger partial charge in [0.1, 0.15) is 5.75 Å². The number of carbonyl (C=O) groups is 1. The summed E-state index contributed by atoms with van der Waals surface area (Å²) in [5, 5.41) is 9.35. The highest BCUT2D eigenvalue weighted by Gasteiger charge is 2.23. The molecule has 24 heavy (non-hydrogen) atoms. The van der Waals surface area contributed by atoms with Crippen molar-refractivity contribution < 1.29 is 14.6 Å². The molecule has 120 valence electrons.